The SMILES string of the molecule is CCCCCCc1ccc(C)c(CS(=O)(=O)NC2C3CNCC32)c1. The predicted molar refractivity (Wildman–Crippen MR) is 98.4 cm³/mol. The third-order valence-electron chi connectivity index (χ3n) is 5.49. The summed E-state index contributed by atoms with van der Waals surface area (Å²) < 4.78 is 27.9. The lowest BCUT2D eigenvalue weighted by Crippen LogP contribution is -2.33. The van der Waals surface area contributed by atoms with Crippen LogP contribution in [0.2, 0.25) is 0 Å². The largest absolute Gasteiger partial charge is 0.316 e. The lowest BCUT2D eigenvalue weighted by molar-refractivity contribution is 0.564. The predicted octanol–water partition coefficient (Wildman–Crippen LogP) is 2.76. The molecule has 2 N–H and O–H groups in total. The number of unbranched alkanes of at least 4 members (excludes halogenated alkanes) is 3. The second-order valence-electron chi connectivity index (χ2n) is 7.46. The third-order valence-corrected chi connectivity index (χ3v) is 6.81. The van der Waals surface area contributed by atoms with Gasteiger partial charge in [-0.25, -0.2) is 13.1 Å². The monoisotopic (exact) mass is 350 g/mol. The van der Waals surface area contributed by atoms with Crippen molar-refractivity contribution in [1.29, 1.82) is 0 Å². The van der Waals surface area contributed by atoms with Crippen LogP contribution in [0.1, 0.15) is 49.3 Å². The maximum atomic E-state index is 12.5. The first-order valence-electron chi connectivity index (χ1n) is 9.29. The van der Waals surface area contributed by atoms with Gasteiger partial charge in [0.25, 0.3) is 0 Å². The van der Waals surface area contributed by atoms with Crippen LogP contribution >= 0.6 is 0 Å². The zero-order valence-corrected chi connectivity index (χ0v) is 15.7. The smallest absolute Gasteiger partial charge is 0.216 e. The molecule has 0 spiro atoms. The summed E-state index contributed by atoms with van der Waals surface area (Å²) in [5.41, 5.74) is 3.27. The standard InChI is InChI=1S/C19H30N2O2S/c1-3-4-5-6-7-15-9-8-14(2)16(10-15)13-24(22,23)21-19-17-11-20-12-18(17)19/h8-10,17-21H,3-7,11-13H2,1-2H3. The van der Waals surface area contributed by atoms with Gasteiger partial charge < -0.3 is 5.32 Å². The van der Waals surface area contributed by atoms with Crippen molar-refractivity contribution in [3.63, 3.8) is 0 Å². The van der Waals surface area contributed by atoms with Gasteiger partial charge in [-0.15, -0.1) is 0 Å². The van der Waals surface area contributed by atoms with E-state index in [0.717, 1.165) is 30.6 Å². The number of benzene rings is 1. The molecule has 5 heteroatoms. The fourth-order valence-corrected chi connectivity index (χ4v) is 5.41. The average molecular weight is 351 g/mol. The van der Waals surface area contributed by atoms with Crippen LogP contribution < -0.4 is 10.0 Å². The minimum Gasteiger partial charge on any atom is -0.316 e. The molecule has 1 heterocycles. The molecular formula is C19H30N2O2S. The molecule has 1 aliphatic heterocycles. The van der Waals surface area contributed by atoms with Crippen LogP contribution in [0, 0.1) is 18.8 Å². The molecule has 0 radical (unpaired) electrons. The summed E-state index contributed by atoms with van der Waals surface area (Å²) in [6.45, 7) is 6.11. The van der Waals surface area contributed by atoms with Gasteiger partial charge in [0, 0.05) is 6.04 Å². The number of rotatable bonds is 9. The highest BCUT2D eigenvalue weighted by atomic mass is 32.2. The van der Waals surface area contributed by atoms with Crippen LogP contribution in [0.25, 0.3) is 0 Å². The van der Waals surface area contributed by atoms with Crippen LogP contribution in [0.15, 0.2) is 18.2 Å². The van der Waals surface area contributed by atoms with E-state index in [4.69, 9.17) is 0 Å². The normalized spacial score (nSPS) is 25.7. The molecule has 1 saturated carbocycles. The van der Waals surface area contributed by atoms with Crippen molar-refractivity contribution in [2.45, 2.75) is 57.7 Å². The first kappa shape index (κ1) is 17.9. The Bertz CT molecular complexity index is 662. The van der Waals surface area contributed by atoms with Crippen LogP contribution in [0.5, 0.6) is 0 Å². The highest BCUT2D eigenvalue weighted by molar-refractivity contribution is 7.88. The van der Waals surface area contributed by atoms with Crippen LogP contribution in [-0.2, 0) is 22.2 Å². The molecule has 1 aromatic carbocycles. The van der Waals surface area contributed by atoms with E-state index >= 15 is 0 Å². The van der Waals surface area contributed by atoms with Crippen LogP contribution in [-0.4, -0.2) is 27.5 Å². The van der Waals surface area contributed by atoms with Gasteiger partial charge in [0.1, 0.15) is 0 Å². The average Bonchev–Trinajstić information content (AvgIpc) is 2.96. The summed E-state index contributed by atoms with van der Waals surface area (Å²) in [6, 6.07) is 6.46. The van der Waals surface area contributed by atoms with Gasteiger partial charge in [0.2, 0.25) is 10.0 Å². The second kappa shape index (κ2) is 7.54. The van der Waals surface area contributed by atoms with E-state index in [2.05, 4.69) is 35.2 Å². The van der Waals surface area contributed by atoms with E-state index in [1.165, 1.54) is 31.2 Å². The molecule has 2 fully saturated rings. The zero-order chi connectivity index (χ0) is 17.2. The number of hydrogen-bond donors (Lipinski definition) is 2. The van der Waals surface area contributed by atoms with E-state index in [-0.39, 0.29) is 11.8 Å². The van der Waals surface area contributed by atoms with Crippen LogP contribution in [0.4, 0.5) is 0 Å². The highest BCUT2D eigenvalue weighted by Crippen LogP contribution is 2.42. The Hall–Kier alpha value is -0.910. The molecule has 4 nitrogen and oxygen atoms in total. The van der Waals surface area contributed by atoms with Gasteiger partial charge in [-0.1, -0.05) is 44.4 Å². The number of fused-ring (bicyclic) bond motifs is 1. The Kier molecular flexibility index (Phi) is 5.63. The Morgan fingerprint density at radius 1 is 1.17 bits per heavy atom. The van der Waals surface area contributed by atoms with Gasteiger partial charge in [-0.3, -0.25) is 0 Å². The molecule has 0 aromatic heterocycles. The van der Waals surface area contributed by atoms with Crippen molar-refractivity contribution in [2.75, 3.05) is 13.1 Å². The summed E-state index contributed by atoms with van der Waals surface area (Å²) in [4.78, 5) is 0. The first-order chi connectivity index (χ1) is 11.5. The van der Waals surface area contributed by atoms with E-state index in [0.29, 0.717) is 11.8 Å². The quantitative estimate of drug-likeness (QED) is 0.673. The topological polar surface area (TPSA) is 58.2 Å². The van der Waals surface area contributed by atoms with E-state index < -0.39 is 10.0 Å². The molecule has 3 rings (SSSR count). The number of sulfonamides is 1. The maximum absolute atomic E-state index is 12.5. The van der Waals surface area contributed by atoms with E-state index in [9.17, 15) is 8.42 Å². The number of hydrogen-bond acceptors (Lipinski definition) is 3. The molecule has 1 aliphatic carbocycles. The number of nitrogens with one attached hydrogen (secondary N) is 2. The molecule has 134 valence electrons. The fraction of sp³-hybridized carbons (Fsp3) is 0.684. The molecule has 2 unspecified atom stereocenters. The Labute approximate surface area is 146 Å². The second-order valence-corrected chi connectivity index (χ2v) is 9.21. The van der Waals surface area contributed by atoms with Crippen molar-refractivity contribution in [2.24, 2.45) is 11.8 Å². The van der Waals surface area contributed by atoms with Crippen molar-refractivity contribution < 1.29 is 8.42 Å². The highest BCUT2D eigenvalue weighted by Gasteiger charge is 2.54. The third kappa shape index (κ3) is 4.38. The summed E-state index contributed by atoms with van der Waals surface area (Å²) in [7, 11) is -3.26. The molecule has 1 aromatic rings. The first-order valence-corrected chi connectivity index (χ1v) is 10.9. The number of piperidine rings is 1. The van der Waals surface area contributed by atoms with Gasteiger partial charge in [-0.2, -0.15) is 0 Å². The van der Waals surface area contributed by atoms with Gasteiger partial charge in [0.15, 0.2) is 0 Å². The summed E-state index contributed by atoms with van der Waals surface area (Å²) in [5.74, 6) is 1.11. The van der Waals surface area contributed by atoms with E-state index in [1.54, 1.807) is 0 Å². The summed E-state index contributed by atoms with van der Waals surface area (Å²) in [5, 5.41) is 3.30. The molecule has 2 aliphatic rings. The Balaban J connectivity index is 1.58. The van der Waals surface area contributed by atoms with Crippen molar-refractivity contribution in [3.05, 3.63) is 34.9 Å². The van der Waals surface area contributed by atoms with Gasteiger partial charge >= 0.3 is 0 Å². The summed E-state index contributed by atoms with van der Waals surface area (Å²) in [6.07, 6.45) is 5.98. The molecular weight excluding hydrogens is 320 g/mol. The molecule has 0 bridgehead atoms. The molecule has 2 atom stereocenters. The van der Waals surface area contributed by atoms with E-state index in [1.807, 2.05) is 6.92 Å². The molecule has 0 amide bonds. The molecule has 1 saturated heterocycles. The van der Waals surface area contributed by atoms with Gasteiger partial charge in [0.05, 0.1) is 5.75 Å². The summed E-state index contributed by atoms with van der Waals surface area (Å²) >= 11 is 0. The maximum Gasteiger partial charge on any atom is 0.216 e. The lowest BCUT2D eigenvalue weighted by Gasteiger charge is -2.12. The fourth-order valence-electron chi connectivity index (χ4n) is 3.84. The number of aryl methyl sites for hydroxylation is 2. The zero-order valence-electron chi connectivity index (χ0n) is 14.8. The Morgan fingerprint density at radius 3 is 2.62 bits per heavy atom. The van der Waals surface area contributed by atoms with Crippen LogP contribution in [0.3, 0.4) is 0 Å². The van der Waals surface area contributed by atoms with Gasteiger partial charge in [-0.05, 0) is 61.4 Å². The van der Waals surface area contributed by atoms with Crippen molar-refractivity contribution >= 4 is 10.0 Å². The minimum absolute atomic E-state index is 0.102. The molecule has 24 heavy (non-hydrogen) atoms. The van der Waals surface area contributed by atoms with Crippen molar-refractivity contribution in [1.82, 2.24) is 10.0 Å². The van der Waals surface area contributed by atoms with Crippen molar-refractivity contribution in [3.8, 4) is 0 Å². The Morgan fingerprint density at radius 2 is 1.92 bits per heavy atom. The minimum atomic E-state index is -3.26. The lowest BCUT2D eigenvalue weighted by atomic mass is 10.0.